The van der Waals surface area contributed by atoms with Crippen molar-refractivity contribution in [1.29, 1.82) is 5.26 Å². The van der Waals surface area contributed by atoms with Crippen LogP contribution < -0.4 is 4.74 Å². The monoisotopic (exact) mass is 417 g/mol. The van der Waals surface area contributed by atoms with E-state index in [0.29, 0.717) is 12.2 Å². The second kappa shape index (κ2) is 9.06. The van der Waals surface area contributed by atoms with Gasteiger partial charge in [0, 0.05) is 51.7 Å². The molecule has 2 atom stereocenters. The van der Waals surface area contributed by atoms with E-state index >= 15 is 0 Å². The number of rotatable bonds is 7. The molecule has 3 aromatic rings. The predicted molar refractivity (Wildman–Crippen MR) is 117 cm³/mol. The number of ether oxygens (including phenoxy) is 2. The van der Waals surface area contributed by atoms with Gasteiger partial charge in [-0.25, -0.2) is 4.98 Å². The van der Waals surface area contributed by atoms with Crippen molar-refractivity contribution in [2.75, 3.05) is 39.3 Å². The lowest BCUT2D eigenvalue weighted by atomic mass is 10.1. The van der Waals surface area contributed by atoms with E-state index in [0.717, 1.165) is 62.8 Å². The first-order valence-electron chi connectivity index (χ1n) is 10.9. The standard InChI is InChI=1S/C24H27N5O2/c25-12-19-5-7-21(8-6-19)30-11-3-9-27-15-22-17-28(18-23(16-27)31-22)13-20-14-29-10-2-1-4-24(29)26-20/h1-2,4-8,10,14,22-23H,3,9,11,13,15-18H2. The average Bonchev–Trinajstić information content (AvgIpc) is 3.19. The molecule has 1 aromatic carbocycles. The second-order valence-corrected chi connectivity index (χ2v) is 8.37. The van der Waals surface area contributed by atoms with E-state index in [1.54, 1.807) is 12.1 Å². The van der Waals surface area contributed by atoms with Gasteiger partial charge in [-0.05, 0) is 42.8 Å². The van der Waals surface area contributed by atoms with Crippen LogP contribution >= 0.6 is 0 Å². The summed E-state index contributed by atoms with van der Waals surface area (Å²) in [5.74, 6) is 0.820. The predicted octanol–water partition coefficient (Wildman–Crippen LogP) is 2.56. The van der Waals surface area contributed by atoms with Gasteiger partial charge in [0.15, 0.2) is 0 Å². The zero-order chi connectivity index (χ0) is 21.0. The zero-order valence-corrected chi connectivity index (χ0v) is 17.6. The Morgan fingerprint density at radius 2 is 1.81 bits per heavy atom. The van der Waals surface area contributed by atoms with Crippen LogP contribution in [-0.2, 0) is 11.3 Å². The zero-order valence-electron chi connectivity index (χ0n) is 17.6. The minimum atomic E-state index is 0.254. The number of pyridine rings is 1. The largest absolute Gasteiger partial charge is 0.494 e. The quantitative estimate of drug-likeness (QED) is 0.551. The van der Waals surface area contributed by atoms with Crippen molar-refractivity contribution >= 4 is 5.65 Å². The van der Waals surface area contributed by atoms with E-state index in [-0.39, 0.29) is 12.2 Å². The van der Waals surface area contributed by atoms with E-state index < -0.39 is 0 Å². The summed E-state index contributed by atoms with van der Waals surface area (Å²) in [6.07, 6.45) is 5.65. The Morgan fingerprint density at radius 1 is 1.03 bits per heavy atom. The number of nitrogens with zero attached hydrogens (tertiary/aromatic N) is 5. The van der Waals surface area contributed by atoms with E-state index in [9.17, 15) is 0 Å². The fourth-order valence-electron chi connectivity index (χ4n) is 4.57. The fraction of sp³-hybridized carbons (Fsp3) is 0.417. The summed E-state index contributed by atoms with van der Waals surface area (Å²) in [7, 11) is 0. The molecule has 7 heteroatoms. The molecule has 0 amide bonds. The van der Waals surface area contributed by atoms with Gasteiger partial charge < -0.3 is 13.9 Å². The molecule has 2 bridgehead atoms. The summed E-state index contributed by atoms with van der Waals surface area (Å²) in [5, 5.41) is 8.86. The third-order valence-electron chi connectivity index (χ3n) is 5.90. The molecule has 2 aliphatic heterocycles. The molecule has 160 valence electrons. The SMILES string of the molecule is N#Cc1ccc(OCCCN2CC3CN(Cc4cn5ccccc5n4)CC(C2)O3)cc1. The average molecular weight is 418 g/mol. The van der Waals surface area contributed by atoms with Gasteiger partial charge in [0.25, 0.3) is 0 Å². The van der Waals surface area contributed by atoms with Crippen molar-refractivity contribution in [2.45, 2.75) is 25.2 Å². The van der Waals surface area contributed by atoms with Crippen LogP contribution in [0.15, 0.2) is 54.9 Å². The molecule has 0 saturated carbocycles. The maximum absolute atomic E-state index is 8.86. The molecule has 2 saturated heterocycles. The maximum Gasteiger partial charge on any atom is 0.137 e. The van der Waals surface area contributed by atoms with Crippen LogP contribution in [0.1, 0.15) is 17.7 Å². The number of aromatic nitrogens is 2. The lowest BCUT2D eigenvalue weighted by Gasteiger charge is -2.45. The van der Waals surface area contributed by atoms with E-state index in [1.807, 2.05) is 36.5 Å². The van der Waals surface area contributed by atoms with Crippen LogP contribution in [0.5, 0.6) is 5.75 Å². The highest BCUT2D eigenvalue weighted by molar-refractivity contribution is 5.39. The van der Waals surface area contributed by atoms with Gasteiger partial charge in [-0.3, -0.25) is 9.80 Å². The first-order chi connectivity index (χ1) is 15.2. The van der Waals surface area contributed by atoms with Crippen molar-refractivity contribution < 1.29 is 9.47 Å². The highest BCUT2D eigenvalue weighted by Crippen LogP contribution is 2.21. The van der Waals surface area contributed by atoms with Crippen molar-refractivity contribution in [2.24, 2.45) is 0 Å². The van der Waals surface area contributed by atoms with Crippen molar-refractivity contribution in [3.05, 3.63) is 66.1 Å². The molecule has 0 radical (unpaired) electrons. The molecule has 2 aliphatic rings. The molecular weight excluding hydrogens is 390 g/mol. The normalized spacial score (nSPS) is 21.8. The highest BCUT2D eigenvalue weighted by atomic mass is 16.5. The first kappa shape index (κ1) is 20.0. The van der Waals surface area contributed by atoms with Gasteiger partial charge in [0.2, 0.25) is 0 Å². The number of imidazole rings is 1. The molecular formula is C24H27N5O2. The third-order valence-corrected chi connectivity index (χ3v) is 5.90. The van der Waals surface area contributed by atoms with Gasteiger partial charge in [-0.15, -0.1) is 0 Å². The molecule has 5 rings (SSSR count). The van der Waals surface area contributed by atoms with Crippen LogP contribution in [-0.4, -0.2) is 70.7 Å². The Labute approximate surface area is 182 Å². The Morgan fingerprint density at radius 3 is 2.55 bits per heavy atom. The first-order valence-corrected chi connectivity index (χ1v) is 10.9. The number of benzene rings is 1. The minimum absolute atomic E-state index is 0.254. The Kier molecular flexibility index (Phi) is 5.85. The Bertz CT molecular complexity index is 1010. The molecule has 2 fully saturated rings. The topological polar surface area (TPSA) is 66.0 Å². The van der Waals surface area contributed by atoms with Gasteiger partial charge in [-0.1, -0.05) is 6.07 Å². The van der Waals surface area contributed by atoms with Gasteiger partial charge >= 0.3 is 0 Å². The third kappa shape index (κ3) is 4.88. The molecule has 0 N–H and O–H groups in total. The summed E-state index contributed by atoms with van der Waals surface area (Å²) < 4.78 is 14.1. The van der Waals surface area contributed by atoms with Crippen LogP contribution in [0.2, 0.25) is 0 Å². The molecule has 0 aliphatic carbocycles. The highest BCUT2D eigenvalue weighted by Gasteiger charge is 2.34. The number of hydrogen-bond acceptors (Lipinski definition) is 6. The van der Waals surface area contributed by atoms with E-state index in [2.05, 4.69) is 26.5 Å². The molecule has 31 heavy (non-hydrogen) atoms. The number of hydrogen-bond donors (Lipinski definition) is 0. The Hall–Kier alpha value is -2.92. The lowest BCUT2D eigenvalue weighted by molar-refractivity contribution is -0.140. The van der Waals surface area contributed by atoms with Gasteiger partial charge in [0.1, 0.15) is 11.4 Å². The summed E-state index contributed by atoms with van der Waals surface area (Å²) in [5.41, 5.74) is 2.77. The van der Waals surface area contributed by atoms with Crippen LogP contribution in [0, 0.1) is 11.3 Å². The van der Waals surface area contributed by atoms with Crippen LogP contribution in [0.25, 0.3) is 5.65 Å². The molecule has 0 spiro atoms. The summed E-state index contributed by atoms with van der Waals surface area (Å²) in [6, 6.07) is 15.5. The van der Waals surface area contributed by atoms with Crippen molar-refractivity contribution in [1.82, 2.24) is 19.2 Å². The van der Waals surface area contributed by atoms with Gasteiger partial charge in [-0.2, -0.15) is 5.26 Å². The summed E-state index contributed by atoms with van der Waals surface area (Å²) in [4.78, 5) is 9.72. The number of nitriles is 1. The Balaban J connectivity index is 1.07. The van der Waals surface area contributed by atoms with E-state index in [4.69, 9.17) is 19.7 Å². The molecule has 4 heterocycles. The summed E-state index contributed by atoms with van der Waals surface area (Å²) in [6.45, 7) is 6.39. The number of fused-ring (bicyclic) bond motifs is 3. The number of morpholine rings is 2. The lowest BCUT2D eigenvalue weighted by Crippen LogP contribution is -2.59. The molecule has 7 nitrogen and oxygen atoms in total. The molecule has 2 aromatic heterocycles. The summed E-state index contributed by atoms with van der Waals surface area (Å²) >= 11 is 0. The maximum atomic E-state index is 8.86. The minimum Gasteiger partial charge on any atom is -0.494 e. The second-order valence-electron chi connectivity index (χ2n) is 8.37. The van der Waals surface area contributed by atoms with Crippen molar-refractivity contribution in [3.8, 4) is 11.8 Å². The molecule has 2 unspecified atom stereocenters. The smallest absolute Gasteiger partial charge is 0.137 e. The van der Waals surface area contributed by atoms with Crippen LogP contribution in [0.4, 0.5) is 0 Å². The van der Waals surface area contributed by atoms with E-state index in [1.165, 1.54) is 0 Å². The van der Waals surface area contributed by atoms with Crippen molar-refractivity contribution in [3.63, 3.8) is 0 Å². The fourth-order valence-corrected chi connectivity index (χ4v) is 4.57. The van der Waals surface area contributed by atoms with Gasteiger partial charge in [0.05, 0.1) is 36.1 Å². The van der Waals surface area contributed by atoms with Crippen LogP contribution in [0.3, 0.4) is 0 Å².